The highest BCUT2D eigenvalue weighted by Gasteiger charge is 2.07. The van der Waals surface area contributed by atoms with Gasteiger partial charge in [-0.3, -0.25) is 4.79 Å². The van der Waals surface area contributed by atoms with E-state index in [1.807, 2.05) is 0 Å². The molecule has 0 aliphatic rings. The molecule has 2 aromatic rings. The molecule has 0 saturated heterocycles. The Morgan fingerprint density at radius 3 is 2.65 bits per heavy atom. The number of hydrogen-bond donors (Lipinski definition) is 3. The van der Waals surface area contributed by atoms with E-state index in [1.165, 1.54) is 24.4 Å². The summed E-state index contributed by atoms with van der Waals surface area (Å²) < 4.78 is 0.667. The van der Waals surface area contributed by atoms with Crippen LogP contribution in [0, 0.1) is 0 Å². The molecule has 5 nitrogen and oxygen atoms in total. The van der Waals surface area contributed by atoms with Crippen molar-refractivity contribution in [3.63, 3.8) is 0 Å². The van der Waals surface area contributed by atoms with Gasteiger partial charge in [0, 0.05) is 16.1 Å². The van der Waals surface area contributed by atoms with Crippen LogP contribution in [-0.2, 0) is 0 Å². The number of carbonyl (C=O) groups excluding carboxylic acids is 1. The minimum atomic E-state index is -0.369. The Bertz CT molecular complexity index is 671. The zero-order chi connectivity index (χ0) is 14.5. The number of nitrogens with zero attached hydrogens (tertiary/aromatic N) is 1. The molecule has 0 aliphatic heterocycles. The number of nitrogens with one attached hydrogen (secondary N) is 1. The van der Waals surface area contributed by atoms with E-state index >= 15 is 0 Å². The molecule has 0 bridgehead atoms. The first-order valence-electron chi connectivity index (χ1n) is 5.68. The second-order valence-electron chi connectivity index (χ2n) is 3.92. The van der Waals surface area contributed by atoms with Crippen molar-refractivity contribution in [3.8, 4) is 11.5 Å². The fourth-order valence-corrected chi connectivity index (χ4v) is 1.97. The van der Waals surface area contributed by atoms with E-state index in [1.54, 1.807) is 24.3 Å². The SMILES string of the molecule is O=C(N/N=C\c1ccc(O)cc1O)c1ccccc1Br. The number of benzene rings is 2. The van der Waals surface area contributed by atoms with Crippen molar-refractivity contribution in [2.45, 2.75) is 0 Å². The molecule has 2 aromatic carbocycles. The molecular weight excluding hydrogens is 324 g/mol. The summed E-state index contributed by atoms with van der Waals surface area (Å²) in [4.78, 5) is 11.8. The molecule has 20 heavy (non-hydrogen) atoms. The van der Waals surface area contributed by atoms with E-state index in [0.717, 1.165) is 0 Å². The average Bonchev–Trinajstić information content (AvgIpc) is 2.41. The first-order valence-corrected chi connectivity index (χ1v) is 6.47. The zero-order valence-electron chi connectivity index (χ0n) is 10.2. The van der Waals surface area contributed by atoms with Gasteiger partial charge in [0.05, 0.1) is 11.8 Å². The Balaban J connectivity index is 2.07. The van der Waals surface area contributed by atoms with E-state index in [9.17, 15) is 9.90 Å². The Labute approximate surface area is 123 Å². The monoisotopic (exact) mass is 334 g/mol. The Morgan fingerprint density at radius 1 is 1.20 bits per heavy atom. The topological polar surface area (TPSA) is 81.9 Å². The summed E-state index contributed by atoms with van der Waals surface area (Å²) >= 11 is 3.27. The number of hydrogen-bond acceptors (Lipinski definition) is 4. The molecule has 1 amide bonds. The third kappa shape index (κ3) is 3.36. The molecule has 0 aromatic heterocycles. The number of rotatable bonds is 3. The number of amides is 1. The lowest BCUT2D eigenvalue weighted by atomic mass is 10.2. The molecule has 0 atom stereocenters. The molecule has 102 valence electrons. The van der Waals surface area contributed by atoms with Gasteiger partial charge in [0.2, 0.25) is 0 Å². The van der Waals surface area contributed by atoms with Gasteiger partial charge in [-0.15, -0.1) is 0 Å². The number of phenols is 2. The van der Waals surface area contributed by atoms with Crippen LogP contribution in [0.25, 0.3) is 0 Å². The van der Waals surface area contributed by atoms with Gasteiger partial charge in [-0.1, -0.05) is 12.1 Å². The summed E-state index contributed by atoms with van der Waals surface area (Å²) in [5, 5.41) is 22.5. The maximum atomic E-state index is 11.8. The molecule has 6 heteroatoms. The van der Waals surface area contributed by atoms with Gasteiger partial charge in [-0.2, -0.15) is 5.10 Å². The smallest absolute Gasteiger partial charge is 0.272 e. The van der Waals surface area contributed by atoms with Gasteiger partial charge in [0.1, 0.15) is 11.5 Å². The maximum absolute atomic E-state index is 11.8. The first-order chi connectivity index (χ1) is 9.58. The third-order valence-electron chi connectivity index (χ3n) is 2.50. The van der Waals surface area contributed by atoms with Crippen LogP contribution in [-0.4, -0.2) is 22.3 Å². The molecule has 0 aliphatic carbocycles. The summed E-state index contributed by atoms with van der Waals surface area (Å²) in [6.07, 6.45) is 1.30. The third-order valence-corrected chi connectivity index (χ3v) is 3.19. The van der Waals surface area contributed by atoms with Gasteiger partial charge in [0.15, 0.2) is 0 Å². The van der Waals surface area contributed by atoms with E-state index in [-0.39, 0.29) is 17.4 Å². The number of carbonyl (C=O) groups is 1. The van der Waals surface area contributed by atoms with E-state index < -0.39 is 0 Å². The van der Waals surface area contributed by atoms with E-state index in [0.29, 0.717) is 15.6 Å². The summed E-state index contributed by atoms with van der Waals surface area (Å²) in [5.41, 5.74) is 3.20. The number of halogens is 1. The normalized spacial score (nSPS) is 10.7. The van der Waals surface area contributed by atoms with E-state index in [4.69, 9.17) is 5.11 Å². The quantitative estimate of drug-likeness (QED) is 0.596. The molecular formula is C14H11BrN2O3. The first kappa shape index (κ1) is 14.1. The Morgan fingerprint density at radius 2 is 1.95 bits per heavy atom. The van der Waals surface area contributed by atoms with Crippen molar-refractivity contribution in [1.29, 1.82) is 0 Å². The van der Waals surface area contributed by atoms with Gasteiger partial charge >= 0.3 is 0 Å². The summed E-state index contributed by atoms with van der Waals surface area (Å²) in [5.74, 6) is -0.534. The van der Waals surface area contributed by atoms with Crippen LogP contribution in [0.15, 0.2) is 52.0 Å². The number of aromatic hydroxyl groups is 2. The molecule has 0 unspecified atom stereocenters. The zero-order valence-corrected chi connectivity index (χ0v) is 11.8. The summed E-state index contributed by atoms with van der Waals surface area (Å²) in [6.45, 7) is 0. The average molecular weight is 335 g/mol. The molecule has 0 spiro atoms. The van der Waals surface area contributed by atoms with Crippen molar-refractivity contribution >= 4 is 28.1 Å². The fourth-order valence-electron chi connectivity index (χ4n) is 1.51. The molecule has 0 saturated carbocycles. The van der Waals surface area contributed by atoms with Crippen molar-refractivity contribution in [2.75, 3.05) is 0 Å². The largest absolute Gasteiger partial charge is 0.508 e. The predicted molar refractivity (Wildman–Crippen MR) is 79.0 cm³/mol. The van der Waals surface area contributed by atoms with Crippen LogP contribution >= 0.6 is 15.9 Å². The van der Waals surface area contributed by atoms with Crippen LogP contribution in [0.1, 0.15) is 15.9 Å². The Hall–Kier alpha value is -2.34. The predicted octanol–water partition coefficient (Wildman–Crippen LogP) is 2.62. The fraction of sp³-hybridized carbons (Fsp3) is 0. The van der Waals surface area contributed by atoms with Crippen LogP contribution < -0.4 is 5.43 Å². The van der Waals surface area contributed by atoms with Crippen molar-refractivity contribution in [3.05, 3.63) is 58.1 Å². The summed E-state index contributed by atoms with van der Waals surface area (Å²) in [6, 6.07) is 11.1. The minimum absolute atomic E-state index is 0.0445. The molecule has 0 radical (unpaired) electrons. The van der Waals surface area contributed by atoms with Gasteiger partial charge in [-0.05, 0) is 40.2 Å². The molecule has 3 N–H and O–H groups in total. The minimum Gasteiger partial charge on any atom is -0.508 e. The molecule has 0 heterocycles. The second-order valence-corrected chi connectivity index (χ2v) is 4.78. The van der Waals surface area contributed by atoms with Crippen LogP contribution in [0.4, 0.5) is 0 Å². The van der Waals surface area contributed by atoms with Gasteiger partial charge in [0.25, 0.3) is 5.91 Å². The molecule has 2 rings (SSSR count). The van der Waals surface area contributed by atoms with Crippen LogP contribution in [0.3, 0.4) is 0 Å². The number of hydrazone groups is 1. The van der Waals surface area contributed by atoms with Gasteiger partial charge < -0.3 is 10.2 Å². The summed E-state index contributed by atoms with van der Waals surface area (Å²) in [7, 11) is 0. The lowest BCUT2D eigenvalue weighted by molar-refractivity contribution is 0.0954. The highest BCUT2D eigenvalue weighted by atomic mass is 79.9. The van der Waals surface area contributed by atoms with Crippen LogP contribution in [0.2, 0.25) is 0 Å². The lowest BCUT2D eigenvalue weighted by Gasteiger charge is -2.02. The molecule has 0 fully saturated rings. The Kier molecular flexibility index (Phi) is 4.37. The second kappa shape index (κ2) is 6.21. The van der Waals surface area contributed by atoms with Crippen molar-refractivity contribution in [1.82, 2.24) is 5.43 Å². The number of phenolic OH excluding ortho intramolecular Hbond substituents is 2. The van der Waals surface area contributed by atoms with Crippen molar-refractivity contribution in [2.24, 2.45) is 5.10 Å². The van der Waals surface area contributed by atoms with E-state index in [2.05, 4.69) is 26.5 Å². The van der Waals surface area contributed by atoms with Crippen LogP contribution in [0.5, 0.6) is 11.5 Å². The van der Waals surface area contributed by atoms with Crippen molar-refractivity contribution < 1.29 is 15.0 Å². The lowest BCUT2D eigenvalue weighted by Crippen LogP contribution is -2.18. The maximum Gasteiger partial charge on any atom is 0.272 e. The highest BCUT2D eigenvalue weighted by molar-refractivity contribution is 9.10. The van der Waals surface area contributed by atoms with Gasteiger partial charge in [-0.25, -0.2) is 5.43 Å². The standard InChI is InChI=1S/C14H11BrN2O3/c15-12-4-2-1-3-11(12)14(20)17-16-8-9-5-6-10(18)7-13(9)19/h1-8,18-19H,(H,17,20)/b16-8-. The highest BCUT2D eigenvalue weighted by Crippen LogP contribution is 2.20.